The van der Waals surface area contributed by atoms with Crippen molar-refractivity contribution >= 4 is 18.3 Å². The van der Waals surface area contributed by atoms with Crippen LogP contribution in [0, 0.1) is 5.92 Å². The number of aliphatic hydroxyl groups is 1. The summed E-state index contributed by atoms with van der Waals surface area (Å²) in [6, 6.07) is 4.13. The molecular weight excluding hydrogens is 382 g/mol. The molecule has 2 saturated carbocycles. The standard InChI is InChI=1S/C24H31NO5/c26-12-1-4-19-14-20(5-2-13-27)22(30-17-18-6-7-18)15-21(19)16-24(9-3-10-24)25-11-8-23(28)29/h1,4,8,11-12,14-15,18,25,27H,2-3,5-7,9-10,13,16-17H2,(H,28,29)/b4-1+,11-8-. The molecule has 3 N–H and O–H groups in total. The number of carboxylic acids is 1. The van der Waals surface area contributed by atoms with Crippen LogP contribution in [-0.4, -0.2) is 41.2 Å². The second-order valence-corrected chi connectivity index (χ2v) is 8.36. The Bertz CT molecular complexity index is 806. The minimum absolute atomic E-state index is 0.117. The topological polar surface area (TPSA) is 95.9 Å². The SMILES string of the molecule is O=C/C=C/c1cc(CCCO)c(OCC2CC2)cc1CC1(N/C=C\C(=O)O)CCC1. The Morgan fingerprint density at radius 3 is 2.67 bits per heavy atom. The number of hydrogen-bond donors (Lipinski definition) is 3. The van der Waals surface area contributed by atoms with E-state index in [1.54, 1.807) is 0 Å². The summed E-state index contributed by atoms with van der Waals surface area (Å²) in [4.78, 5) is 21.8. The first kappa shape index (κ1) is 22.1. The third kappa shape index (κ3) is 6.20. The smallest absolute Gasteiger partial charge is 0.329 e. The van der Waals surface area contributed by atoms with E-state index in [0.717, 1.165) is 60.5 Å². The number of benzene rings is 1. The van der Waals surface area contributed by atoms with Crippen molar-refractivity contribution in [2.24, 2.45) is 5.92 Å². The molecule has 0 unspecified atom stereocenters. The Hall–Kier alpha value is -2.60. The molecule has 6 heteroatoms. The molecule has 0 atom stereocenters. The van der Waals surface area contributed by atoms with Crippen LogP contribution in [0.5, 0.6) is 5.75 Å². The van der Waals surface area contributed by atoms with Gasteiger partial charge >= 0.3 is 5.97 Å². The van der Waals surface area contributed by atoms with E-state index >= 15 is 0 Å². The summed E-state index contributed by atoms with van der Waals surface area (Å²) >= 11 is 0. The van der Waals surface area contributed by atoms with E-state index in [2.05, 4.69) is 17.4 Å². The number of hydrogen-bond acceptors (Lipinski definition) is 5. The monoisotopic (exact) mass is 413 g/mol. The van der Waals surface area contributed by atoms with Crippen molar-refractivity contribution in [2.45, 2.75) is 56.9 Å². The molecule has 2 fully saturated rings. The summed E-state index contributed by atoms with van der Waals surface area (Å²) in [7, 11) is 0. The van der Waals surface area contributed by atoms with E-state index in [1.165, 1.54) is 25.1 Å². The van der Waals surface area contributed by atoms with Crippen LogP contribution in [0.15, 0.2) is 30.5 Å². The summed E-state index contributed by atoms with van der Waals surface area (Å²) in [6.45, 7) is 0.825. The van der Waals surface area contributed by atoms with Gasteiger partial charge in [-0.25, -0.2) is 4.79 Å². The van der Waals surface area contributed by atoms with Gasteiger partial charge in [-0.3, -0.25) is 4.79 Å². The van der Waals surface area contributed by atoms with Gasteiger partial charge in [0.15, 0.2) is 0 Å². The minimum Gasteiger partial charge on any atom is -0.493 e. The molecule has 0 radical (unpaired) electrons. The molecule has 0 bridgehead atoms. The van der Waals surface area contributed by atoms with Crippen molar-refractivity contribution in [3.05, 3.63) is 47.2 Å². The van der Waals surface area contributed by atoms with E-state index in [-0.39, 0.29) is 12.1 Å². The highest BCUT2D eigenvalue weighted by molar-refractivity contribution is 5.79. The molecule has 6 nitrogen and oxygen atoms in total. The van der Waals surface area contributed by atoms with Gasteiger partial charge in [-0.05, 0) is 92.2 Å². The van der Waals surface area contributed by atoms with Crippen LogP contribution in [0.3, 0.4) is 0 Å². The van der Waals surface area contributed by atoms with Crippen molar-refractivity contribution in [2.75, 3.05) is 13.2 Å². The molecule has 0 aromatic heterocycles. The molecule has 0 heterocycles. The fourth-order valence-corrected chi connectivity index (χ4v) is 3.86. The van der Waals surface area contributed by atoms with Gasteiger partial charge in [-0.2, -0.15) is 0 Å². The lowest BCUT2D eigenvalue weighted by Gasteiger charge is -2.43. The normalized spacial score (nSPS) is 17.8. The molecule has 0 amide bonds. The van der Waals surface area contributed by atoms with Gasteiger partial charge in [0.2, 0.25) is 0 Å². The van der Waals surface area contributed by atoms with Gasteiger partial charge in [-0.15, -0.1) is 0 Å². The zero-order valence-corrected chi connectivity index (χ0v) is 17.3. The van der Waals surface area contributed by atoms with Crippen molar-refractivity contribution in [1.29, 1.82) is 0 Å². The first-order valence-electron chi connectivity index (χ1n) is 10.7. The molecule has 3 rings (SSSR count). The summed E-state index contributed by atoms with van der Waals surface area (Å²) in [6.07, 6.45) is 14.2. The molecule has 0 spiro atoms. The van der Waals surface area contributed by atoms with Crippen LogP contribution in [0.4, 0.5) is 0 Å². The van der Waals surface area contributed by atoms with Crippen molar-refractivity contribution < 1.29 is 24.5 Å². The van der Waals surface area contributed by atoms with Crippen LogP contribution >= 0.6 is 0 Å². The predicted octanol–water partition coefficient (Wildman–Crippen LogP) is 3.27. The van der Waals surface area contributed by atoms with Gasteiger partial charge in [0.05, 0.1) is 6.61 Å². The first-order valence-corrected chi connectivity index (χ1v) is 10.7. The highest BCUT2D eigenvalue weighted by Gasteiger charge is 2.36. The van der Waals surface area contributed by atoms with E-state index in [4.69, 9.17) is 9.84 Å². The Labute approximate surface area is 177 Å². The number of carbonyl (C=O) groups is 2. The first-order chi connectivity index (χ1) is 14.5. The fraction of sp³-hybridized carbons (Fsp3) is 0.500. The zero-order chi connectivity index (χ0) is 21.4. The Balaban J connectivity index is 1.88. The number of rotatable bonds is 13. The second kappa shape index (κ2) is 10.4. The van der Waals surface area contributed by atoms with Gasteiger partial charge < -0.3 is 20.3 Å². The van der Waals surface area contributed by atoms with Gasteiger partial charge in [-0.1, -0.05) is 6.08 Å². The lowest BCUT2D eigenvalue weighted by atomic mass is 9.72. The maximum absolute atomic E-state index is 10.9. The molecular formula is C24H31NO5. The summed E-state index contributed by atoms with van der Waals surface area (Å²) in [5, 5.41) is 21.4. The average Bonchev–Trinajstić information content (AvgIpc) is 3.52. The van der Waals surface area contributed by atoms with Crippen LogP contribution in [-0.2, 0) is 22.4 Å². The van der Waals surface area contributed by atoms with Gasteiger partial charge in [0.1, 0.15) is 12.0 Å². The average molecular weight is 414 g/mol. The van der Waals surface area contributed by atoms with E-state index in [1.807, 2.05) is 6.08 Å². The third-order valence-electron chi connectivity index (χ3n) is 5.91. The highest BCUT2D eigenvalue weighted by Crippen LogP contribution is 2.38. The quantitative estimate of drug-likeness (QED) is 0.339. The Morgan fingerprint density at radius 2 is 2.07 bits per heavy atom. The molecule has 30 heavy (non-hydrogen) atoms. The maximum Gasteiger partial charge on any atom is 0.329 e. The van der Waals surface area contributed by atoms with Crippen molar-refractivity contribution in [3.63, 3.8) is 0 Å². The van der Waals surface area contributed by atoms with Crippen LogP contribution < -0.4 is 10.1 Å². The lowest BCUT2D eigenvalue weighted by molar-refractivity contribution is -0.131. The molecule has 0 aliphatic heterocycles. The number of allylic oxidation sites excluding steroid dienone is 1. The lowest BCUT2D eigenvalue weighted by Crippen LogP contribution is -2.50. The van der Waals surface area contributed by atoms with E-state index < -0.39 is 5.97 Å². The zero-order valence-electron chi connectivity index (χ0n) is 17.3. The van der Waals surface area contributed by atoms with Crippen molar-refractivity contribution in [3.8, 4) is 5.75 Å². The number of aliphatic hydroxyl groups excluding tert-OH is 1. The molecule has 2 aliphatic carbocycles. The number of carboxylic acid groups (broad SMARTS) is 1. The number of aliphatic carboxylic acids is 1. The van der Waals surface area contributed by atoms with Crippen molar-refractivity contribution in [1.82, 2.24) is 5.32 Å². The molecule has 2 aliphatic rings. The molecule has 0 saturated heterocycles. The fourth-order valence-electron chi connectivity index (χ4n) is 3.86. The summed E-state index contributed by atoms with van der Waals surface area (Å²) in [5.74, 6) is 0.509. The summed E-state index contributed by atoms with van der Waals surface area (Å²) in [5.41, 5.74) is 2.89. The Kier molecular flexibility index (Phi) is 7.69. The molecule has 1 aromatic rings. The van der Waals surface area contributed by atoms with E-state index in [0.29, 0.717) is 25.4 Å². The van der Waals surface area contributed by atoms with Gasteiger partial charge in [0.25, 0.3) is 0 Å². The second-order valence-electron chi connectivity index (χ2n) is 8.36. The van der Waals surface area contributed by atoms with Crippen LogP contribution in [0.2, 0.25) is 0 Å². The van der Waals surface area contributed by atoms with Gasteiger partial charge in [0, 0.05) is 24.4 Å². The maximum atomic E-state index is 10.9. The van der Waals surface area contributed by atoms with Crippen LogP contribution in [0.25, 0.3) is 6.08 Å². The number of aldehydes is 1. The molecule has 1 aromatic carbocycles. The number of nitrogens with one attached hydrogen (secondary N) is 1. The number of aryl methyl sites for hydroxylation is 1. The Morgan fingerprint density at radius 1 is 1.27 bits per heavy atom. The highest BCUT2D eigenvalue weighted by atomic mass is 16.5. The largest absolute Gasteiger partial charge is 0.493 e. The minimum atomic E-state index is -0.976. The van der Waals surface area contributed by atoms with E-state index in [9.17, 15) is 14.7 Å². The predicted molar refractivity (Wildman–Crippen MR) is 115 cm³/mol. The number of ether oxygens (including phenoxy) is 1. The van der Waals surface area contributed by atoms with Crippen LogP contribution in [0.1, 0.15) is 55.2 Å². The summed E-state index contributed by atoms with van der Waals surface area (Å²) < 4.78 is 6.15. The third-order valence-corrected chi connectivity index (χ3v) is 5.91. The molecule has 162 valence electrons. The number of carbonyl (C=O) groups excluding carboxylic acids is 1.